The quantitative estimate of drug-likeness (QED) is 0.803. The Balaban J connectivity index is 1.73. The summed E-state index contributed by atoms with van der Waals surface area (Å²) in [5.41, 5.74) is 12.0. The van der Waals surface area contributed by atoms with E-state index in [2.05, 4.69) is 4.90 Å². The molecule has 1 fully saturated rings. The molecule has 0 aromatic heterocycles. The lowest BCUT2D eigenvalue weighted by Gasteiger charge is -2.30. The van der Waals surface area contributed by atoms with Crippen molar-refractivity contribution >= 4 is 5.91 Å². The normalized spacial score (nSPS) is 17.1. The zero-order valence-corrected chi connectivity index (χ0v) is 11.8. The van der Waals surface area contributed by atoms with E-state index in [1.54, 1.807) is 0 Å². The lowest BCUT2D eigenvalue weighted by molar-refractivity contribution is -0.123. The Kier molecular flexibility index (Phi) is 5.38. The number of benzene rings is 1. The van der Waals surface area contributed by atoms with Crippen LogP contribution in [0.1, 0.15) is 18.4 Å². The standard InChI is InChI=1S/C15H23N3O2/c16-11-13-3-1-2-4-14(13)20-10-9-18-7-5-12(6-8-18)15(17)19/h1-4,12H,5-11,16H2,(H2,17,19). The van der Waals surface area contributed by atoms with E-state index in [0.29, 0.717) is 13.2 Å². The Morgan fingerprint density at radius 1 is 1.30 bits per heavy atom. The molecule has 1 aliphatic heterocycles. The highest BCUT2D eigenvalue weighted by atomic mass is 16.5. The van der Waals surface area contributed by atoms with Gasteiger partial charge in [0.2, 0.25) is 5.91 Å². The first kappa shape index (κ1) is 14.8. The topological polar surface area (TPSA) is 81.6 Å². The lowest BCUT2D eigenvalue weighted by atomic mass is 9.96. The molecule has 0 radical (unpaired) electrons. The Morgan fingerprint density at radius 2 is 2.00 bits per heavy atom. The predicted octanol–water partition coefficient (Wildman–Crippen LogP) is 0.721. The molecule has 110 valence electrons. The van der Waals surface area contributed by atoms with E-state index in [9.17, 15) is 4.79 Å². The number of carbonyl (C=O) groups excluding carboxylic acids is 1. The lowest BCUT2D eigenvalue weighted by Crippen LogP contribution is -2.40. The average Bonchev–Trinajstić information content (AvgIpc) is 2.48. The smallest absolute Gasteiger partial charge is 0.220 e. The number of primary amides is 1. The molecule has 0 atom stereocenters. The summed E-state index contributed by atoms with van der Waals surface area (Å²) in [7, 11) is 0. The largest absolute Gasteiger partial charge is 0.492 e. The summed E-state index contributed by atoms with van der Waals surface area (Å²) in [4.78, 5) is 13.4. The number of para-hydroxylation sites is 1. The van der Waals surface area contributed by atoms with E-state index in [0.717, 1.165) is 43.8 Å². The van der Waals surface area contributed by atoms with Gasteiger partial charge in [-0.1, -0.05) is 18.2 Å². The van der Waals surface area contributed by atoms with Crippen molar-refractivity contribution < 1.29 is 9.53 Å². The molecular weight excluding hydrogens is 254 g/mol. The molecule has 1 aliphatic rings. The number of nitrogens with two attached hydrogens (primary N) is 2. The molecule has 0 aliphatic carbocycles. The number of carbonyl (C=O) groups is 1. The Morgan fingerprint density at radius 3 is 2.65 bits per heavy atom. The van der Waals surface area contributed by atoms with Gasteiger partial charge in [-0.2, -0.15) is 0 Å². The molecule has 1 saturated heterocycles. The Hall–Kier alpha value is -1.59. The third kappa shape index (κ3) is 3.95. The zero-order chi connectivity index (χ0) is 14.4. The highest BCUT2D eigenvalue weighted by molar-refractivity contribution is 5.76. The van der Waals surface area contributed by atoms with Crippen LogP contribution in [0.15, 0.2) is 24.3 Å². The van der Waals surface area contributed by atoms with Crippen molar-refractivity contribution in [1.82, 2.24) is 4.90 Å². The number of amides is 1. The van der Waals surface area contributed by atoms with E-state index in [-0.39, 0.29) is 11.8 Å². The maximum atomic E-state index is 11.1. The third-order valence-corrected chi connectivity index (χ3v) is 3.85. The second-order valence-corrected chi connectivity index (χ2v) is 5.18. The Bertz CT molecular complexity index is 442. The minimum Gasteiger partial charge on any atom is -0.492 e. The number of hydrogen-bond acceptors (Lipinski definition) is 4. The first-order valence-corrected chi connectivity index (χ1v) is 7.13. The van der Waals surface area contributed by atoms with E-state index in [1.807, 2.05) is 24.3 Å². The SMILES string of the molecule is NCc1ccccc1OCCN1CCC(C(N)=O)CC1. The van der Waals surface area contributed by atoms with E-state index in [1.165, 1.54) is 0 Å². The molecule has 4 N–H and O–H groups in total. The minimum absolute atomic E-state index is 0.0464. The second kappa shape index (κ2) is 7.26. The molecule has 5 nitrogen and oxygen atoms in total. The van der Waals surface area contributed by atoms with Crippen molar-refractivity contribution in [3.63, 3.8) is 0 Å². The second-order valence-electron chi connectivity index (χ2n) is 5.18. The molecule has 1 heterocycles. The first-order chi connectivity index (χ1) is 9.70. The van der Waals surface area contributed by atoms with Crippen molar-refractivity contribution in [1.29, 1.82) is 0 Å². The number of rotatable bonds is 6. The van der Waals surface area contributed by atoms with Crippen LogP contribution in [0.4, 0.5) is 0 Å². The molecule has 1 aromatic rings. The molecular formula is C15H23N3O2. The van der Waals surface area contributed by atoms with Crippen molar-refractivity contribution in [2.45, 2.75) is 19.4 Å². The zero-order valence-electron chi connectivity index (χ0n) is 11.8. The van der Waals surface area contributed by atoms with E-state index < -0.39 is 0 Å². The van der Waals surface area contributed by atoms with Gasteiger partial charge in [0.25, 0.3) is 0 Å². The van der Waals surface area contributed by atoms with Crippen molar-refractivity contribution in [2.24, 2.45) is 17.4 Å². The van der Waals surface area contributed by atoms with Gasteiger partial charge in [-0.25, -0.2) is 0 Å². The minimum atomic E-state index is -0.169. The molecule has 0 saturated carbocycles. The molecule has 2 rings (SSSR count). The van der Waals surface area contributed by atoms with Gasteiger partial charge in [-0.05, 0) is 32.0 Å². The maximum absolute atomic E-state index is 11.1. The van der Waals surface area contributed by atoms with Gasteiger partial charge >= 0.3 is 0 Å². The number of likely N-dealkylation sites (tertiary alicyclic amines) is 1. The van der Waals surface area contributed by atoms with Crippen LogP contribution in [-0.4, -0.2) is 37.0 Å². The molecule has 0 unspecified atom stereocenters. The van der Waals surface area contributed by atoms with Crippen molar-refractivity contribution in [3.8, 4) is 5.75 Å². The fraction of sp³-hybridized carbons (Fsp3) is 0.533. The molecule has 20 heavy (non-hydrogen) atoms. The summed E-state index contributed by atoms with van der Waals surface area (Å²) in [6, 6.07) is 7.84. The van der Waals surface area contributed by atoms with Crippen LogP contribution in [0.5, 0.6) is 5.75 Å². The fourth-order valence-electron chi connectivity index (χ4n) is 2.54. The van der Waals surface area contributed by atoms with Crippen LogP contribution in [0.2, 0.25) is 0 Å². The van der Waals surface area contributed by atoms with Crippen molar-refractivity contribution in [2.75, 3.05) is 26.2 Å². The first-order valence-electron chi connectivity index (χ1n) is 7.13. The summed E-state index contributed by atoms with van der Waals surface area (Å²) in [6.07, 6.45) is 1.71. The van der Waals surface area contributed by atoms with E-state index >= 15 is 0 Å². The van der Waals surface area contributed by atoms with Crippen LogP contribution in [0, 0.1) is 5.92 Å². The fourth-order valence-corrected chi connectivity index (χ4v) is 2.54. The van der Waals surface area contributed by atoms with Gasteiger partial charge in [0, 0.05) is 24.6 Å². The third-order valence-electron chi connectivity index (χ3n) is 3.85. The van der Waals surface area contributed by atoms with E-state index in [4.69, 9.17) is 16.2 Å². The predicted molar refractivity (Wildman–Crippen MR) is 78.2 cm³/mol. The monoisotopic (exact) mass is 277 g/mol. The molecule has 1 aromatic carbocycles. The molecule has 5 heteroatoms. The van der Waals surface area contributed by atoms with Gasteiger partial charge < -0.3 is 16.2 Å². The maximum Gasteiger partial charge on any atom is 0.220 e. The molecule has 1 amide bonds. The Labute approximate surface area is 119 Å². The summed E-state index contributed by atoms with van der Waals surface area (Å²) < 4.78 is 5.79. The van der Waals surface area contributed by atoms with Gasteiger partial charge in [-0.3, -0.25) is 9.69 Å². The van der Waals surface area contributed by atoms with Gasteiger partial charge in [0.1, 0.15) is 12.4 Å². The van der Waals surface area contributed by atoms with Crippen LogP contribution >= 0.6 is 0 Å². The van der Waals surface area contributed by atoms with Gasteiger partial charge in [0.05, 0.1) is 0 Å². The number of piperidine rings is 1. The van der Waals surface area contributed by atoms with Gasteiger partial charge in [0.15, 0.2) is 0 Å². The van der Waals surface area contributed by atoms with Crippen LogP contribution in [0.25, 0.3) is 0 Å². The average molecular weight is 277 g/mol. The number of ether oxygens (including phenoxy) is 1. The number of nitrogens with zero attached hydrogens (tertiary/aromatic N) is 1. The number of hydrogen-bond donors (Lipinski definition) is 2. The summed E-state index contributed by atoms with van der Waals surface area (Å²) in [6.45, 7) is 3.81. The summed E-state index contributed by atoms with van der Waals surface area (Å²) in [5.74, 6) is 0.741. The molecule has 0 spiro atoms. The highest BCUT2D eigenvalue weighted by Gasteiger charge is 2.22. The van der Waals surface area contributed by atoms with Gasteiger partial charge in [-0.15, -0.1) is 0 Å². The summed E-state index contributed by atoms with van der Waals surface area (Å²) >= 11 is 0. The summed E-state index contributed by atoms with van der Waals surface area (Å²) in [5, 5.41) is 0. The van der Waals surface area contributed by atoms with Crippen LogP contribution in [0.3, 0.4) is 0 Å². The van der Waals surface area contributed by atoms with Crippen LogP contribution in [-0.2, 0) is 11.3 Å². The molecule has 0 bridgehead atoms. The van der Waals surface area contributed by atoms with Crippen molar-refractivity contribution in [3.05, 3.63) is 29.8 Å². The van der Waals surface area contributed by atoms with Crippen LogP contribution < -0.4 is 16.2 Å². The highest BCUT2D eigenvalue weighted by Crippen LogP contribution is 2.18.